The van der Waals surface area contributed by atoms with Crippen molar-refractivity contribution in [3.63, 3.8) is 0 Å². The van der Waals surface area contributed by atoms with Gasteiger partial charge in [-0.25, -0.2) is 8.42 Å². The number of anilines is 2. The summed E-state index contributed by atoms with van der Waals surface area (Å²) < 4.78 is 32.6. The second kappa shape index (κ2) is 9.26. The third-order valence-corrected chi connectivity index (χ3v) is 5.57. The molecule has 0 aliphatic carbocycles. The zero-order valence-corrected chi connectivity index (χ0v) is 17.3. The molecular weight excluding hydrogens is 422 g/mol. The Kier molecular flexibility index (Phi) is 6.51. The van der Waals surface area contributed by atoms with Crippen LogP contribution >= 0.6 is 0 Å². The minimum absolute atomic E-state index is 0.0106. The van der Waals surface area contributed by atoms with Crippen LogP contribution in [0.1, 0.15) is 5.56 Å². The average Bonchev–Trinajstić information content (AvgIpc) is 2.74. The van der Waals surface area contributed by atoms with Crippen LogP contribution < -0.4 is 14.8 Å². The van der Waals surface area contributed by atoms with Crippen LogP contribution in [0.15, 0.2) is 77.7 Å². The van der Waals surface area contributed by atoms with E-state index in [9.17, 15) is 23.3 Å². The number of carbonyl (C=O) groups excluding carboxylic acids is 1. The number of nitrogens with one attached hydrogen (secondary N) is 2. The summed E-state index contributed by atoms with van der Waals surface area (Å²) in [5, 5.41) is 13.5. The van der Waals surface area contributed by atoms with E-state index in [0.29, 0.717) is 11.4 Å². The molecule has 1 amide bonds. The van der Waals surface area contributed by atoms with Gasteiger partial charge in [0.1, 0.15) is 0 Å². The third-order valence-electron chi connectivity index (χ3n) is 4.17. The molecular formula is C21H19N3O6S. The number of rotatable bonds is 8. The lowest BCUT2D eigenvalue weighted by Gasteiger charge is -2.10. The van der Waals surface area contributed by atoms with Crippen molar-refractivity contribution in [2.45, 2.75) is 11.8 Å². The topological polar surface area (TPSA) is 128 Å². The molecule has 0 aliphatic heterocycles. The maximum absolute atomic E-state index is 12.4. The Morgan fingerprint density at radius 1 is 0.968 bits per heavy atom. The van der Waals surface area contributed by atoms with Gasteiger partial charge < -0.3 is 10.1 Å². The van der Waals surface area contributed by atoms with Crippen molar-refractivity contribution in [3.05, 3.63) is 88.5 Å². The molecule has 31 heavy (non-hydrogen) atoms. The predicted octanol–water partition coefficient (Wildman–Crippen LogP) is 3.72. The molecule has 9 nitrogen and oxygen atoms in total. The van der Waals surface area contributed by atoms with Gasteiger partial charge in [-0.1, -0.05) is 29.8 Å². The Morgan fingerprint density at radius 3 is 2.23 bits per heavy atom. The fourth-order valence-corrected chi connectivity index (χ4v) is 3.68. The number of nitro benzene ring substituents is 1. The first kappa shape index (κ1) is 21.8. The summed E-state index contributed by atoms with van der Waals surface area (Å²) in [5.74, 6) is -0.533. The van der Waals surface area contributed by atoms with Crippen LogP contribution in [-0.2, 0) is 14.8 Å². The van der Waals surface area contributed by atoms with Gasteiger partial charge in [0.15, 0.2) is 12.4 Å². The molecule has 0 spiro atoms. The molecule has 2 N–H and O–H groups in total. The number of nitrogens with zero attached hydrogens (tertiary/aromatic N) is 1. The summed E-state index contributed by atoms with van der Waals surface area (Å²) in [7, 11) is -3.73. The van der Waals surface area contributed by atoms with Crippen molar-refractivity contribution in [1.29, 1.82) is 0 Å². The minimum Gasteiger partial charge on any atom is -0.477 e. The van der Waals surface area contributed by atoms with Crippen molar-refractivity contribution < 1.29 is 22.9 Å². The number of amides is 1. The third kappa shape index (κ3) is 5.80. The van der Waals surface area contributed by atoms with E-state index in [-0.39, 0.29) is 16.3 Å². The zero-order valence-electron chi connectivity index (χ0n) is 16.4. The normalized spacial score (nSPS) is 10.9. The number of ether oxygens (including phenoxy) is 1. The standard InChI is InChI=1S/C21H19N3O6S/c1-15-6-12-18(13-7-15)31(28,29)23-17-10-8-16(9-11-17)22-21(25)14-30-20-5-3-2-4-19(20)24(26)27/h2-13,23H,14H2,1H3,(H,22,25). The van der Waals surface area contributed by atoms with E-state index in [1.807, 2.05) is 6.92 Å². The second-order valence-corrected chi connectivity index (χ2v) is 8.24. The molecule has 3 aromatic carbocycles. The summed E-state index contributed by atoms with van der Waals surface area (Å²) in [6.07, 6.45) is 0. The summed E-state index contributed by atoms with van der Waals surface area (Å²) in [6, 6.07) is 18.3. The quantitative estimate of drug-likeness (QED) is 0.405. The van der Waals surface area contributed by atoms with Gasteiger partial charge in [0.25, 0.3) is 15.9 Å². The Bertz CT molecular complexity index is 1190. The molecule has 0 aliphatic rings. The highest BCUT2D eigenvalue weighted by molar-refractivity contribution is 7.92. The Morgan fingerprint density at radius 2 is 1.58 bits per heavy atom. The SMILES string of the molecule is Cc1ccc(S(=O)(=O)Nc2ccc(NC(=O)COc3ccccc3[N+](=O)[O-])cc2)cc1. The second-order valence-electron chi connectivity index (χ2n) is 6.56. The molecule has 0 atom stereocenters. The van der Waals surface area contributed by atoms with Crippen LogP contribution in [0.25, 0.3) is 0 Å². The molecule has 0 heterocycles. The smallest absolute Gasteiger partial charge is 0.310 e. The van der Waals surface area contributed by atoms with Crippen LogP contribution in [0.4, 0.5) is 17.1 Å². The first-order valence-electron chi connectivity index (χ1n) is 9.10. The number of sulfonamides is 1. The predicted molar refractivity (Wildman–Crippen MR) is 116 cm³/mol. The first-order valence-corrected chi connectivity index (χ1v) is 10.6. The van der Waals surface area contributed by atoms with Crippen LogP contribution in [0.5, 0.6) is 5.75 Å². The van der Waals surface area contributed by atoms with Gasteiger partial charge in [0.05, 0.1) is 9.82 Å². The highest BCUT2D eigenvalue weighted by Gasteiger charge is 2.16. The molecule has 0 saturated heterocycles. The summed E-state index contributed by atoms with van der Waals surface area (Å²) >= 11 is 0. The van der Waals surface area contributed by atoms with Crippen LogP contribution in [0.3, 0.4) is 0 Å². The molecule has 0 fully saturated rings. The maximum atomic E-state index is 12.4. The molecule has 3 aromatic rings. The van der Waals surface area contributed by atoms with Gasteiger partial charge in [-0.3, -0.25) is 19.6 Å². The number of nitro groups is 1. The number of para-hydroxylation sites is 2. The van der Waals surface area contributed by atoms with Crippen molar-refractivity contribution in [1.82, 2.24) is 0 Å². The van der Waals surface area contributed by atoms with Gasteiger partial charge >= 0.3 is 5.69 Å². The lowest BCUT2D eigenvalue weighted by atomic mass is 10.2. The van der Waals surface area contributed by atoms with Crippen molar-refractivity contribution in [3.8, 4) is 5.75 Å². The van der Waals surface area contributed by atoms with Crippen LogP contribution in [0.2, 0.25) is 0 Å². The molecule has 0 saturated carbocycles. The number of benzene rings is 3. The van der Waals surface area contributed by atoms with Gasteiger partial charge in [-0.2, -0.15) is 0 Å². The van der Waals surface area contributed by atoms with E-state index in [1.54, 1.807) is 18.2 Å². The van der Waals surface area contributed by atoms with E-state index >= 15 is 0 Å². The summed E-state index contributed by atoms with van der Waals surface area (Å²) in [6.45, 7) is 1.44. The number of aryl methyl sites for hydroxylation is 1. The van der Waals surface area contributed by atoms with Crippen molar-refractivity contribution >= 4 is 33.0 Å². The molecule has 0 bridgehead atoms. The first-order chi connectivity index (χ1) is 14.7. The number of hydrogen-bond acceptors (Lipinski definition) is 6. The van der Waals surface area contributed by atoms with Gasteiger partial charge in [-0.05, 0) is 49.4 Å². The van der Waals surface area contributed by atoms with E-state index < -0.39 is 27.5 Å². The molecule has 0 radical (unpaired) electrons. The van der Waals surface area contributed by atoms with E-state index in [1.165, 1.54) is 54.6 Å². The number of hydrogen-bond donors (Lipinski definition) is 2. The van der Waals surface area contributed by atoms with Crippen LogP contribution in [0, 0.1) is 17.0 Å². The zero-order chi connectivity index (χ0) is 22.4. The molecule has 0 unspecified atom stereocenters. The van der Waals surface area contributed by atoms with Gasteiger partial charge in [0, 0.05) is 17.4 Å². The summed E-state index contributed by atoms with van der Waals surface area (Å²) in [5.41, 5.74) is 1.45. The largest absolute Gasteiger partial charge is 0.477 e. The molecule has 160 valence electrons. The van der Waals surface area contributed by atoms with Gasteiger partial charge in [-0.15, -0.1) is 0 Å². The maximum Gasteiger partial charge on any atom is 0.310 e. The Labute approximate surface area is 178 Å². The fraction of sp³-hybridized carbons (Fsp3) is 0.0952. The van der Waals surface area contributed by atoms with Crippen LogP contribution in [-0.4, -0.2) is 25.9 Å². The lowest BCUT2D eigenvalue weighted by Crippen LogP contribution is -2.20. The molecule has 10 heteroatoms. The van der Waals surface area contributed by atoms with E-state index in [0.717, 1.165) is 5.56 Å². The average molecular weight is 441 g/mol. The number of carbonyl (C=O) groups is 1. The molecule has 3 rings (SSSR count). The van der Waals surface area contributed by atoms with E-state index in [2.05, 4.69) is 10.0 Å². The highest BCUT2D eigenvalue weighted by Crippen LogP contribution is 2.25. The Balaban J connectivity index is 1.58. The highest BCUT2D eigenvalue weighted by atomic mass is 32.2. The monoisotopic (exact) mass is 441 g/mol. The van der Waals surface area contributed by atoms with Crippen molar-refractivity contribution in [2.75, 3.05) is 16.6 Å². The minimum atomic E-state index is -3.73. The Hall–Kier alpha value is -3.92. The fourth-order valence-electron chi connectivity index (χ4n) is 2.62. The van der Waals surface area contributed by atoms with Crippen molar-refractivity contribution in [2.24, 2.45) is 0 Å². The molecule has 0 aromatic heterocycles. The van der Waals surface area contributed by atoms with E-state index in [4.69, 9.17) is 4.74 Å². The summed E-state index contributed by atoms with van der Waals surface area (Å²) in [4.78, 5) is 22.6. The van der Waals surface area contributed by atoms with Gasteiger partial charge in [0.2, 0.25) is 0 Å². The lowest BCUT2D eigenvalue weighted by molar-refractivity contribution is -0.385.